The van der Waals surface area contributed by atoms with Crippen LogP contribution in [-0.4, -0.2) is 71.1 Å². The monoisotopic (exact) mass is 980 g/mol. The van der Waals surface area contributed by atoms with Gasteiger partial charge in [0.15, 0.2) is 0 Å². The van der Waals surface area contributed by atoms with Crippen molar-refractivity contribution >= 4 is 127 Å². The molecule has 0 radical (unpaired) electrons. The molecule has 0 aliphatic heterocycles. The molecule has 0 fully saturated rings. The summed E-state index contributed by atoms with van der Waals surface area (Å²) in [5, 5.41) is 5.22. The number of sulfone groups is 2. The molecule has 2 N–H and O–H groups in total. The van der Waals surface area contributed by atoms with E-state index in [1.807, 2.05) is 0 Å². The molecule has 2 rings (SSSR count). The van der Waals surface area contributed by atoms with Crippen molar-refractivity contribution in [3.05, 3.63) is 59.7 Å². The minimum Gasteiger partial charge on any atom is -0.377 e. The Kier molecular flexibility index (Phi) is 14.2. The number of carbonyl (C=O) groups is 2. The van der Waals surface area contributed by atoms with Crippen LogP contribution in [0.3, 0.4) is 0 Å². The molecular formula is C22H22Br6N2O8S2. The smallest absolute Gasteiger partial charge is 0.252 e. The third-order valence-electron chi connectivity index (χ3n) is 4.89. The lowest BCUT2D eigenvalue weighted by molar-refractivity contribution is 0.0486. The summed E-state index contributed by atoms with van der Waals surface area (Å²) in [7, 11) is -7.91. The van der Waals surface area contributed by atoms with E-state index in [1.54, 1.807) is 12.1 Å². The molecule has 2 aromatic rings. The first kappa shape index (κ1) is 36.3. The van der Waals surface area contributed by atoms with Crippen molar-refractivity contribution in [1.82, 2.24) is 10.6 Å². The van der Waals surface area contributed by atoms with E-state index in [0.29, 0.717) is 0 Å². The Bertz CT molecular complexity index is 1300. The highest BCUT2D eigenvalue weighted by atomic mass is 80.0. The molecule has 2 aromatic carbocycles. The first-order valence-electron chi connectivity index (χ1n) is 11.0. The summed E-state index contributed by atoms with van der Waals surface area (Å²) in [6, 6.07) is 11.6. The number of benzene rings is 2. The minimum atomic E-state index is -3.96. The Labute approximate surface area is 282 Å². The summed E-state index contributed by atoms with van der Waals surface area (Å²) in [4.78, 5) is 24.8. The standard InChI is InChI=1S/C22H22Br6N2O8S2/c23-21(24,25)39(33,34)17-7-3-1-5-15(17)19(31)29-9-11-37-13-14-38-12-10-30-20(32)16-6-2-4-8-18(16)40(35,36)22(26,27)28/h1-8H,9-14H2,(H,29,31)(H,30,32). The van der Waals surface area contributed by atoms with Crippen molar-refractivity contribution in [3.8, 4) is 0 Å². The van der Waals surface area contributed by atoms with Crippen molar-refractivity contribution in [2.24, 2.45) is 0 Å². The van der Waals surface area contributed by atoms with Crippen LogP contribution in [0.25, 0.3) is 0 Å². The first-order valence-corrected chi connectivity index (χ1v) is 18.8. The minimum absolute atomic E-state index is 0.0123. The second-order valence-electron chi connectivity index (χ2n) is 7.63. The Morgan fingerprint density at radius 1 is 0.600 bits per heavy atom. The highest BCUT2D eigenvalue weighted by molar-refractivity contribution is 9.42. The molecule has 10 nitrogen and oxygen atoms in total. The number of nitrogens with one attached hydrogen (secondary N) is 2. The van der Waals surface area contributed by atoms with Crippen LogP contribution in [-0.2, 0) is 29.1 Å². The fourth-order valence-corrected chi connectivity index (χ4v) is 8.07. The molecule has 18 heteroatoms. The molecule has 2 amide bonds. The van der Waals surface area contributed by atoms with Gasteiger partial charge in [0.1, 0.15) is 0 Å². The van der Waals surface area contributed by atoms with Crippen LogP contribution in [0.2, 0.25) is 0 Å². The second-order valence-corrected chi connectivity index (χ2v) is 28.4. The molecule has 0 heterocycles. The van der Waals surface area contributed by atoms with E-state index in [2.05, 4.69) is 106 Å². The van der Waals surface area contributed by atoms with E-state index in [9.17, 15) is 26.4 Å². The van der Waals surface area contributed by atoms with Gasteiger partial charge in [-0.15, -0.1) is 0 Å². The van der Waals surface area contributed by atoms with Crippen LogP contribution < -0.4 is 10.6 Å². The number of carbonyl (C=O) groups excluding carboxylic acids is 2. The highest BCUT2D eigenvalue weighted by Crippen LogP contribution is 2.44. The average Bonchev–Trinajstić information content (AvgIpc) is 2.88. The molecule has 0 aliphatic rings. The van der Waals surface area contributed by atoms with Gasteiger partial charge in [0.05, 0.1) is 47.3 Å². The fourth-order valence-electron chi connectivity index (χ4n) is 3.01. The molecule has 0 aromatic heterocycles. The van der Waals surface area contributed by atoms with Crippen LogP contribution in [0.15, 0.2) is 58.3 Å². The molecule has 0 unspecified atom stereocenters. The van der Waals surface area contributed by atoms with Gasteiger partial charge in [-0.2, -0.15) is 0 Å². The summed E-state index contributed by atoms with van der Waals surface area (Å²) in [6.07, 6.45) is 0. The predicted molar refractivity (Wildman–Crippen MR) is 173 cm³/mol. The summed E-state index contributed by atoms with van der Waals surface area (Å²) in [5.74, 6) is -1.15. The lowest BCUT2D eigenvalue weighted by Gasteiger charge is -2.16. The quantitative estimate of drug-likeness (QED) is 0.211. The first-order chi connectivity index (χ1) is 18.5. The van der Waals surface area contributed by atoms with E-state index in [4.69, 9.17) is 9.47 Å². The van der Waals surface area contributed by atoms with Crippen LogP contribution in [0.1, 0.15) is 20.7 Å². The Balaban J connectivity index is 1.71. The van der Waals surface area contributed by atoms with E-state index in [0.717, 1.165) is 0 Å². The lowest BCUT2D eigenvalue weighted by Crippen LogP contribution is -2.31. The lowest BCUT2D eigenvalue weighted by atomic mass is 10.2. The molecule has 40 heavy (non-hydrogen) atoms. The molecule has 0 spiro atoms. The van der Waals surface area contributed by atoms with Gasteiger partial charge >= 0.3 is 0 Å². The van der Waals surface area contributed by atoms with Crippen LogP contribution >= 0.6 is 95.6 Å². The second kappa shape index (κ2) is 15.7. The third kappa shape index (κ3) is 9.80. The van der Waals surface area contributed by atoms with Gasteiger partial charge in [0.2, 0.25) is 22.6 Å². The zero-order valence-electron chi connectivity index (χ0n) is 20.2. The van der Waals surface area contributed by atoms with E-state index in [-0.39, 0.29) is 60.4 Å². The van der Waals surface area contributed by atoms with Crippen molar-refractivity contribution < 1.29 is 35.9 Å². The summed E-state index contributed by atoms with van der Waals surface area (Å²) in [5.41, 5.74) is -0.0246. The maximum Gasteiger partial charge on any atom is 0.252 e. The molecule has 0 atom stereocenters. The van der Waals surface area contributed by atoms with Gasteiger partial charge < -0.3 is 20.1 Å². The SMILES string of the molecule is O=C(NCCOCCOCCNC(=O)c1ccccc1S(=O)(=O)C(Br)(Br)Br)c1ccccc1S(=O)(=O)C(Br)(Br)Br. The van der Waals surface area contributed by atoms with Gasteiger partial charge in [-0.1, -0.05) is 24.3 Å². The zero-order chi connectivity index (χ0) is 30.2. The molecule has 0 aliphatic carbocycles. The Hall–Kier alpha value is 0.0800. The number of hydrogen-bond donors (Lipinski definition) is 2. The van der Waals surface area contributed by atoms with E-state index in [1.165, 1.54) is 36.4 Å². The summed E-state index contributed by atoms with van der Waals surface area (Å²) >= 11 is 18.0. The molecule has 222 valence electrons. The normalized spacial score (nSPS) is 12.7. The van der Waals surface area contributed by atoms with Gasteiger partial charge in [0, 0.05) is 13.1 Å². The van der Waals surface area contributed by atoms with Gasteiger partial charge in [0.25, 0.3) is 11.8 Å². The number of halogens is 6. The predicted octanol–water partition coefficient (Wildman–Crippen LogP) is 5.02. The van der Waals surface area contributed by atoms with E-state index >= 15 is 0 Å². The third-order valence-corrected chi connectivity index (χ3v) is 15.6. The molecular weight excluding hydrogens is 964 g/mol. The zero-order valence-corrected chi connectivity index (χ0v) is 31.4. The number of hydrogen-bond acceptors (Lipinski definition) is 8. The van der Waals surface area contributed by atoms with Gasteiger partial charge in [-0.05, 0) is 120 Å². The van der Waals surface area contributed by atoms with Gasteiger partial charge in [-0.3, -0.25) is 9.59 Å². The van der Waals surface area contributed by atoms with Crippen molar-refractivity contribution in [2.45, 2.75) is 12.7 Å². The van der Waals surface area contributed by atoms with Crippen molar-refractivity contribution in [2.75, 3.05) is 39.5 Å². The number of ether oxygens (including phenoxy) is 2. The molecule has 0 bridgehead atoms. The van der Waals surface area contributed by atoms with E-state index < -0.39 is 34.4 Å². The van der Waals surface area contributed by atoms with Crippen LogP contribution in [0.5, 0.6) is 0 Å². The number of rotatable bonds is 13. The number of amides is 2. The molecule has 0 saturated carbocycles. The largest absolute Gasteiger partial charge is 0.377 e. The topological polar surface area (TPSA) is 145 Å². The maximum atomic E-state index is 12.7. The summed E-state index contributed by atoms with van der Waals surface area (Å²) in [6.45, 7) is 0.985. The van der Waals surface area contributed by atoms with Gasteiger partial charge in [-0.25, -0.2) is 16.8 Å². The molecule has 0 saturated heterocycles. The summed E-state index contributed by atoms with van der Waals surface area (Å²) < 4.78 is 58.3. The van der Waals surface area contributed by atoms with Crippen LogP contribution in [0, 0.1) is 0 Å². The maximum absolute atomic E-state index is 12.7. The fraction of sp³-hybridized carbons (Fsp3) is 0.364. The van der Waals surface area contributed by atoms with Crippen LogP contribution in [0.4, 0.5) is 0 Å². The Morgan fingerprint density at radius 3 is 1.25 bits per heavy atom. The number of alkyl halides is 6. The highest BCUT2D eigenvalue weighted by Gasteiger charge is 2.40. The van der Waals surface area contributed by atoms with Crippen molar-refractivity contribution in [1.29, 1.82) is 0 Å². The average molecular weight is 986 g/mol. The Morgan fingerprint density at radius 2 is 0.925 bits per heavy atom. The van der Waals surface area contributed by atoms with Crippen molar-refractivity contribution in [3.63, 3.8) is 0 Å².